The molecule has 1 saturated carbocycles. The highest BCUT2D eigenvalue weighted by Gasteiger charge is 2.29. The number of hydrogen-bond donors (Lipinski definition) is 0. The summed E-state index contributed by atoms with van der Waals surface area (Å²) < 4.78 is 4.16. The van der Waals surface area contributed by atoms with Crippen LogP contribution in [0.3, 0.4) is 0 Å². The number of aromatic nitrogens is 4. The Bertz CT molecular complexity index is 521. The molecule has 0 saturated heterocycles. The molecule has 1 fully saturated rings. The van der Waals surface area contributed by atoms with Crippen LogP contribution in [-0.4, -0.2) is 19.3 Å². The lowest BCUT2D eigenvalue weighted by molar-refractivity contribution is 0.674. The maximum atomic E-state index is 5.92. The molecule has 15 heavy (non-hydrogen) atoms. The van der Waals surface area contributed by atoms with E-state index in [9.17, 15) is 0 Å². The molecule has 4 nitrogen and oxygen atoms in total. The molecule has 80 valence electrons. The van der Waals surface area contributed by atoms with Crippen molar-refractivity contribution in [1.82, 2.24) is 19.3 Å². The second kappa shape index (κ2) is 2.98. The molecule has 3 rings (SSSR count). The van der Waals surface area contributed by atoms with Gasteiger partial charge in [0.15, 0.2) is 5.65 Å². The van der Waals surface area contributed by atoms with E-state index in [1.165, 1.54) is 12.8 Å². The Balaban J connectivity index is 2.35. The number of fused-ring (bicyclic) bond motifs is 1. The molecule has 0 aromatic carbocycles. The van der Waals surface area contributed by atoms with Crippen LogP contribution in [0.4, 0.5) is 0 Å². The van der Waals surface area contributed by atoms with E-state index >= 15 is 0 Å². The SMILES string of the molecule is Cc1nn(C)c2c1nc(CCl)n2C1CC1. The van der Waals surface area contributed by atoms with E-state index in [0.717, 1.165) is 22.7 Å². The van der Waals surface area contributed by atoms with Gasteiger partial charge in [0.25, 0.3) is 0 Å². The predicted octanol–water partition coefficient (Wildman–Crippen LogP) is 2.15. The average molecular weight is 225 g/mol. The van der Waals surface area contributed by atoms with E-state index in [4.69, 9.17) is 11.6 Å². The van der Waals surface area contributed by atoms with Crippen LogP contribution in [0, 0.1) is 6.92 Å². The van der Waals surface area contributed by atoms with Gasteiger partial charge in [-0.05, 0) is 19.8 Å². The van der Waals surface area contributed by atoms with Crippen LogP contribution in [-0.2, 0) is 12.9 Å². The topological polar surface area (TPSA) is 35.6 Å². The van der Waals surface area contributed by atoms with Gasteiger partial charge in [0.05, 0.1) is 11.6 Å². The van der Waals surface area contributed by atoms with Crippen molar-refractivity contribution in [3.05, 3.63) is 11.5 Å². The minimum absolute atomic E-state index is 0.477. The summed E-state index contributed by atoms with van der Waals surface area (Å²) in [6.07, 6.45) is 2.47. The van der Waals surface area contributed by atoms with Crippen molar-refractivity contribution in [1.29, 1.82) is 0 Å². The summed E-state index contributed by atoms with van der Waals surface area (Å²) in [5, 5.41) is 4.39. The van der Waals surface area contributed by atoms with Crippen molar-refractivity contribution < 1.29 is 0 Å². The molecule has 0 amide bonds. The van der Waals surface area contributed by atoms with Gasteiger partial charge in [0.2, 0.25) is 0 Å². The summed E-state index contributed by atoms with van der Waals surface area (Å²) in [4.78, 5) is 4.56. The van der Waals surface area contributed by atoms with E-state index < -0.39 is 0 Å². The van der Waals surface area contributed by atoms with Gasteiger partial charge in [-0.25, -0.2) is 4.98 Å². The Hall–Kier alpha value is -1.03. The van der Waals surface area contributed by atoms with E-state index in [2.05, 4.69) is 14.6 Å². The molecular weight excluding hydrogens is 212 g/mol. The zero-order chi connectivity index (χ0) is 10.6. The van der Waals surface area contributed by atoms with Crippen molar-refractivity contribution in [2.24, 2.45) is 7.05 Å². The number of nitrogens with zero attached hydrogens (tertiary/aromatic N) is 4. The number of rotatable bonds is 2. The van der Waals surface area contributed by atoms with Gasteiger partial charge in [0.1, 0.15) is 11.3 Å². The lowest BCUT2D eigenvalue weighted by atomic mass is 10.4. The van der Waals surface area contributed by atoms with Crippen LogP contribution >= 0.6 is 11.6 Å². The van der Waals surface area contributed by atoms with Gasteiger partial charge in [-0.3, -0.25) is 4.68 Å². The molecule has 1 aliphatic carbocycles. The summed E-state index contributed by atoms with van der Waals surface area (Å²) in [5.74, 6) is 1.45. The highest BCUT2D eigenvalue weighted by molar-refractivity contribution is 6.16. The van der Waals surface area contributed by atoms with E-state index in [1.807, 2.05) is 18.7 Å². The lowest BCUT2D eigenvalue weighted by Gasteiger charge is -2.05. The van der Waals surface area contributed by atoms with Gasteiger partial charge >= 0.3 is 0 Å². The predicted molar refractivity (Wildman–Crippen MR) is 59.1 cm³/mol. The van der Waals surface area contributed by atoms with Gasteiger partial charge in [0, 0.05) is 13.1 Å². The molecular formula is C10H13ClN4. The third-order valence-corrected chi connectivity index (χ3v) is 3.18. The molecule has 2 aromatic rings. The van der Waals surface area contributed by atoms with Crippen LogP contribution in [0.25, 0.3) is 11.2 Å². The highest BCUT2D eigenvalue weighted by atomic mass is 35.5. The number of alkyl halides is 1. The number of halogens is 1. The Labute approximate surface area is 92.8 Å². The third-order valence-electron chi connectivity index (χ3n) is 2.94. The normalized spacial score (nSPS) is 16.5. The summed E-state index contributed by atoms with van der Waals surface area (Å²) in [5.41, 5.74) is 3.10. The first-order valence-electron chi connectivity index (χ1n) is 5.18. The summed E-state index contributed by atoms with van der Waals surface area (Å²) in [6, 6.07) is 0.596. The highest BCUT2D eigenvalue weighted by Crippen LogP contribution is 2.39. The van der Waals surface area contributed by atoms with Crippen molar-refractivity contribution in [3.63, 3.8) is 0 Å². The smallest absolute Gasteiger partial charge is 0.158 e. The second-order valence-electron chi connectivity index (χ2n) is 4.14. The number of hydrogen-bond acceptors (Lipinski definition) is 2. The Morgan fingerprint density at radius 2 is 2.20 bits per heavy atom. The molecule has 1 aliphatic rings. The number of aryl methyl sites for hydroxylation is 2. The molecule has 0 aliphatic heterocycles. The fourth-order valence-electron chi connectivity index (χ4n) is 2.15. The minimum Gasteiger partial charge on any atom is -0.309 e. The first-order valence-corrected chi connectivity index (χ1v) is 5.72. The van der Waals surface area contributed by atoms with Crippen molar-refractivity contribution in [3.8, 4) is 0 Å². The van der Waals surface area contributed by atoms with Gasteiger partial charge in [-0.1, -0.05) is 0 Å². The number of imidazole rings is 1. The molecule has 2 heterocycles. The molecule has 0 radical (unpaired) electrons. The molecule has 5 heteroatoms. The molecule has 0 spiro atoms. The van der Waals surface area contributed by atoms with Crippen LogP contribution in [0.1, 0.15) is 30.4 Å². The molecule has 0 unspecified atom stereocenters. The van der Waals surface area contributed by atoms with Crippen LogP contribution in [0.2, 0.25) is 0 Å². The summed E-state index contributed by atoms with van der Waals surface area (Å²) in [7, 11) is 1.97. The third kappa shape index (κ3) is 1.21. The Morgan fingerprint density at radius 1 is 1.47 bits per heavy atom. The maximum Gasteiger partial charge on any atom is 0.158 e. The van der Waals surface area contributed by atoms with Gasteiger partial charge < -0.3 is 4.57 Å². The van der Waals surface area contributed by atoms with E-state index in [1.54, 1.807) is 0 Å². The van der Waals surface area contributed by atoms with E-state index in [0.29, 0.717) is 11.9 Å². The zero-order valence-electron chi connectivity index (χ0n) is 8.87. The largest absolute Gasteiger partial charge is 0.309 e. The van der Waals surface area contributed by atoms with Crippen LogP contribution in [0.5, 0.6) is 0 Å². The first kappa shape index (κ1) is 9.21. The fraction of sp³-hybridized carbons (Fsp3) is 0.600. The van der Waals surface area contributed by atoms with E-state index in [-0.39, 0.29) is 0 Å². The Morgan fingerprint density at radius 3 is 2.80 bits per heavy atom. The summed E-state index contributed by atoms with van der Waals surface area (Å²) >= 11 is 5.92. The molecule has 2 aromatic heterocycles. The monoisotopic (exact) mass is 224 g/mol. The summed E-state index contributed by atoms with van der Waals surface area (Å²) in [6.45, 7) is 1.99. The van der Waals surface area contributed by atoms with Crippen molar-refractivity contribution >= 4 is 22.8 Å². The minimum atomic E-state index is 0.477. The van der Waals surface area contributed by atoms with Crippen LogP contribution in [0.15, 0.2) is 0 Å². The zero-order valence-corrected chi connectivity index (χ0v) is 9.62. The van der Waals surface area contributed by atoms with Crippen molar-refractivity contribution in [2.45, 2.75) is 31.7 Å². The second-order valence-corrected chi connectivity index (χ2v) is 4.41. The molecule has 0 bridgehead atoms. The van der Waals surface area contributed by atoms with Gasteiger partial charge in [-0.15, -0.1) is 11.6 Å². The Kier molecular flexibility index (Phi) is 1.83. The van der Waals surface area contributed by atoms with Crippen molar-refractivity contribution in [2.75, 3.05) is 0 Å². The molecule has 0 N–H and O–H groups in total. The fourth-order valence-corrected chi connectivity index (χ4v) is 2.34. The lowest BCUT2D eigenvalue weighted by Crippen LogP contribution is -2.04. The molecule has 0 atom stereocenters. The standard InChI is InChI=1S/C10H13ClN4/c1-6-9-10(14(2)13-6)15(7-3-4-7)8(5-11)12-9/h7H,3-5H2,1-2H3. The average Bonchev–Trinajstić information content (AvgIpc) is 2.90. The maximum absolute atomic E-state index is 5.92. The quantitative estimate of drug-likeness (QED) is 0.733. The van der Waals surface area contributed by atoms with Gasteiger partial charge in [-0.2, -0.15) is 5.10 Å². The van der Waals surface area contributed by atoms with Crippen LogP contribution < -0.4 is 0 Å². The first-order chi connectivity index (χ1) is 7.22.